The van der Waals surface area contributed by atoms with Crippen LogP contribution in [0.5, 0.6) is 0 Å². The van der Waals surface area contributed by atoms with E-state index in [4.69, 9.17) is 16.7 Å². The highest BCUT2D eigenvalue weighted by molar-refractivity contribution is 6.30. The van der Waals surface area contributed by atoms with E-state index < -0.39 is 11.2 Å². The van der Waals surface area contributed by atoms with E-state index in [1.807, 2.05) is 0 Å². The number of halogens is 1. The van der Waals surface area contributed by atoms with Gasteiger partial charge in [0.05, 0.1) is 0 Å². The zero-order valence-electron chi connectivity index (χ0n) is 7.49. The topological polar surface area (TPSA) is 75.1 Å². The lowest BCUT2D eigenvalue weighted by molar-refractivity contribution is 0.281. The molecule has 0 aliphatic carbocycles. The number of aliphatic hydroxyl groups is 1. The van der Waals surface area contributed by atoms with Gasteiger partial charge in [0.1, 0.15) is 5.02 Å². The van der Waals surface area contributed by atoms with Gasteiger partial charge in [-0.2, -0.15) is 0 Å². The summed E-state index contributed by atoms with van der Waals surface area (Å²) in [6.07, 6.45) is 2.59. The Hall–Kier alpha value is -1.07. The SMILES string of the molecule is O=c1[nH]c(=O)n(CCCCO)cc1Cl. The quantitative estimate of drug-likeness (QED) is 0.697. The summed E-state index contributed by atoms with van der Waals surface area (Å²) in [5, 5.41) is 8.54. The molecule has 0 saturated heterocycles. The molecule has 0 bridgehead atoms. The van der Waals surface area contributed by atoms with Gasteiger partial charge in [0.25, 0.3) is 5.56 Å². The molecule has 0 aliphatic rings. The first-order valence-electron chi connectivity index (χ1n) is 4.25. The van der Waals surface area contributed by atoms with Crippen LogP contribution in [0, 0.1) is 0 Å². The first-order valence-corrected chi connectivity index (χ1v) is 4.63. The van der Waals surface area contributed by atoms with Crippen molar-refractivity contribution in [2.45, 2.75) is 19.4 Å². The summed E-state index contributed by atoms with van der Waals surface area (Å²) < 4.78 is 1.32. The van der Waals surface area contributed by atoms with Gasteiger partial charge in [-0.25, -0.2) is 4.79 Å². The Labute approximate surface area is 85.0 Å². The van der Waals surface area contributed by atoms with Crippen LogP contribution in [0.25, 0.3) is 0 Å². The van der Waals surface area contributed by atoms with Gasteiger partial charge in [-0.15, -0.1) is 0 Å². The summed E-state index contributed by atoms with van der Waals surface area (Å²) in [5.41, 5.74) is -1.05. The minimum absolute atomic E-state index is 0.00593. The Kier molecular flexibility index (Phi) is 3.91. The van der Waals surface area contributed by atoms with Crippen molar-refractivity contribution in [2.24, 2.45) is 0 Å². The summed E-state index contributed by atoms with van der Waals surface area (Å²) in [7, 11) is 0. The van der Waals surface area contributed by atoms with Crippen LogP contribution < -0.4 is 11.2 Å². The second kappa shape index (κ2) is 4.97. The predicted molar refractivity (Wildman–Crippen MR) is 52.7 cm³/mol. The van der Waals surface area contributed by atoms with Crippen molar-refractivity contribution in [3.63, 3.8) is 0 Å². The van der Waals surface area contributed by atoms with Gasteiger partial charge in [0.2, 0.25) is 0 Å². The number of nitrogens with one attached hydrogen (secondary N) is 1. The average Bonchev–Trinajstić information content (AvgIpc) is 2.14. The summed E-state index contributed by atoms with van der Waals surface area (Å²) in [6, 6.07) is 0. The molecule has 0 saturated carbocycles. The van der Waals surface area contributed by atoms with E-state index in [-0.39, 0.29) is 11.6 Å². The average molecular weight is 219 g/mol. The van der Waals surface area contributed by atoms with Crippen LogP contribution in [-0.4, -0.2) is 21.3 Å². The van der Waals surface area contributed by atoms with Crippen molar-refractivity contribution in [1.29, 1.82) is 0 Å². The first-order chi connectivity index (χ1) is 6.65. The highest BCUT2D eigenvalue weighted by Gasteiger charge is 2.01. The molecule has 1 aromatic rings. The molecule has 0 spiro atoms. The standard InChI is InChI=1S/C8H11ClN2O3/c9-6-5-11(3-1-2-4-12)8(14)10-7(6)13/h5,12H,1-4H2,(H,10,13,14). The molecule has 0 amide bonds. The monoisotopic (exact) mass is 218 g/mol. The maximum atomic E-state index is 11.2. The fourth-order valence-corrected chi connectivity index (χ4v) is 1.21. The van der Waals surface area contributed by atoms with Gasteiger partial charge in [-0.1, -0.05) is 11.6 Å². The number of hydrogen-bond donors (Lipinski definition) is 2. The molecule has 0 aromatic carbocycles. The molecule has 2 N–H and O–H groups in total. The first kappa shape index (κ1) is 11.0. The van der Waals surface area contributed by atoms with E-state index in [0.717, 1.165) is 0 Å². The van der Waals surface area contributed by atoms with Crippen LogP contribution >= 0.6 is 11.6 Å². The molecule has 0 atom stereocenters. The Morgan fingerprint density at radius 2 is 2.14 bits per heavy atom. The fraction of sp³-hybridized carbons (Fsp3) is 0.500. The molecule has 0 fully saturated rings. The smallest absolute Gasteiger partial charge is 0.328 e. The van der Waals surface area contributed by atoms with E-state index in [2.05, 4.69) is 4.98 Å². The molecule has 1 heterocycles. The number of aliphatic hydroxyl groups excluding tert-OH is 1. The van der Waals surface area contributed by atoms with E-state index in [0.29, 0.717) is 19.4 Å². The van der Waals surface area contributed by atoms with Crippen LogP contribution in [-0.2, 0) is 6.54 Å². The van der Waals surface area contributed by atoms with Crippen LogP contribution in [0.3, 0.4) is 0 Å². The number of H-pyrrole nitrogens is 1. The molecular formula is C8H11ClN2O3. The van der Waals surface area contributed by atoms with Gasteiger partial charge in [-0.05, 0) is 12.8 Å². The van der Waals surface area contributed by atoms with E-state index in [9.17, 15) is 9.59 Å². The molecule has 0 unspecified atom stereocenters. The number of hydrogen-bond acceptors (Lipinski definition) is 3. The van der Waals surface area contributed by atoms with Crippen LogP contribution in [0.2, 0.25) is 5.02 Å². The largest absolute Gasteiger partial charge is 0.396 e. The maximum absolute atomic E-state index is 11.2. The van der Waals surface area contributed by atoms with E-state index in [1.165, 1.54) is 10.8 Å². The van der Waals surface area contributed by atoms with Crippen molar-refractivity contribution in [1.82, 2.24) is 9.55 Å². The molecule has 14 heavy (non-hydrogen) atoms. The molecular weight excluding hydrogens is 208 g/mol. The van der Waals surface area contributed by atoms with Gasteiger partial charge in [0.15, 0.2) is 0 Å². The lowest BCUT2D eigenvalue weighted by Crippen LogP contribution is -2.29. The second-order valence-corrected chi connectivity index (χ2v) is 3.27. The van der Waals surface area contributed by atoms with E-state index in [1.54, 1.807) is 0 Å². The third kappa shape index (κ3) is 2.71. The lowest BCUT2D eigenvalue weighted by Gasteiger charge is -2.03. The zero-order chi connectivity index (χ0) is 10.6. The third-order valence-corrected chi connectivity index (χ3v) is 2.04. The van der Waals surface area contributed by atoms with Gasteiger partial charge >= 0.3 is 5.69 Å². The summed E-state index contributed by atoms with van der Waals surface area (Å²) in [4.78, 5) is 24.1. The number of aryl methyl sites for hydroxylation is 1. The predicted octanol–water partition coefficient (Wildman–Crippen LogP) is -0.0375. The molecule has 78 valence electrons. The number of aromatic nitrogens is 2. The van der Waals surface area contributed by atoms with Gasteiger partial charge in [0, 0.05) is 19.3 Å². The summed E-state index contributed by atoms with van der Waals surface area (Å²) in [5.74, 6) is 0. The number of rotatable bonds is 4. The Balaban J connectivity index is 2.82. The molecule has 6 heteroatoms. The van der Waals surface area contributed by atoms with Crippen LogP contribution in [0.4, 0.5) is 0 Å². The summed E-state index contributed by atoms with van der Waals surface area (Å²) >= 11 is 5.55. The van der Waals surface area contributed by atoms with Crippen molar-refractivity contribution in [2.75, 3.05) is 6.61 Å². The van der Waals surface area contributed by atoms with E-state index >= 15 is 0 Å². The minimum atomic E-state index is -0.574. The van der Waals surface area contributed by atoms with Crippen molar-refractivity contribution >= 4 is 11.6 Å². The fourth-order valence-electron chi connectivity index (χ4n) is 1.04. The molecule has 5 nitrogen and oxygen atoms in total. The lowest BCUT2D eigenvalue weighted by atomic mass is 10.3. The van der Waals surface area contributed by atoms with Crippen LogP contribution in [0.15, 0.2) is 15.8 Å². The highest BCUT2D eigenvalue weighted by atomic mass is 35.5. The van der Waals surface area contributed by atoms with Crippen molar-refractivity contribution < 1.29 is 5.11 Å². The number of nitrogens with zero attached hydrogens (tertiary/aromatic N) is 1. The highest BCUT2D eigenvalue weighted by Crippen LogP contribution is 1.97. The Morgan fingerprint density at radius 1 is 1.43 bits per heavy atom. The Morgan fingerprint density at radius 3 is 2.79 bits per heavy atom. The number of unbranched alkanes of at least 4 members (excludes halogenated alkanes) is 1. The second-order valence-electron chi connectivity index (χ2n) is 2.86. The molecule has 0 aliphatic heterocycles. The normalized spacial score (nSPS) is 10.4. The van der Waals surface area contributed by atoms with Crippen molar-refractivity contribution in [3.8, 4) is 0 Å². The molecule has 0 radical (unpaired) electrons. The number of aromatic amines is 1. The van der Waals surface area contributed by atoms with Crippen LogP contribution in [0.1, 0.15) is 12.8 Å². The van der Waals surface area contributed by atoms with Gasteiger partial charge in [-0.3, -0.25) is 14.3 Å². The maximum Gasteiger partial charge on any atom is 0.328 e. The molecule has 1 rings (SSSR count). The summed E-state index contributed by atoms with van der Waals surface area (Å²) in [6.45, 7) is 0.529. The zero-order valence-corrected chi connectivity index (χ0v) is 8.25. The molecule has 1 aromatic heterocycles. The Bertz CT molecular complexity index is 410. The minimum Gasteiger partial charge on any atom is -0.396 e. The van der Waals surface area contributed by atoms with Gasteiger partial charge < -0.3 is 5.11 Å². The third-order valence-electron chi connectivity index (χ3n) is 1.77. The van der Waals surface area contributed by atoms with Crippen molar-refractivity contribution in [3.05, 3.63) is 32.1 Å².